The molecule has 5 heteroatoms. The largest absolute Gasteiger partial charge is 0.369 e. The van der Waals surface area contributed by atoms with Gasteiger partial charge < -0.3 is 10.5 Å². The predicted octanol–water partition coefficient (Wildman–Crippen LogP) is 1.50. The molecule has 0 bridgehead atoms. The summed E-state index contributed by atoms with van der Waals surface area (Å²) in [5.74, 6) is -2.21. The Balaban J connectivity index is 2.32. The molecule has 0 aromatic heterocycles. The molecule has 0 aliphatic heterocycles. The van der Waals surface area contributed by atoms with E-state index in [1.165, 1.54) is 6.08 Å². The van der Waals surface area contributed by atoms with Crippen LogP contribution in [0.4, 0.5) is 4.39 Å². The number of carbonyl (C=O) groups is 3. The molecule has 0 heterocycles. The molecule has 0 aromatic carbocycles. The van der Waals surface area contributed by atoms with Crippen LogP contribution in [-0.4, -0.2) is 24.1 Å². The van der Waals surface area contributed by atoms with E-state index < -0.39 is 23.9 Å². The van der Waals surface area contributed by atoms with Crippen molar-refractivity contribution in [2.45, 2.75) is 32.4 Å². The van der Waals surface area contributed by atoms with E-state index in [0.717, 1.165) is 5.57 Å². The Bertz CT molecular complexity index is 509. The fourth-order valence-corrected chi connectivity index (χ4v) is 3.23. The Labute approximate surface area is 116 Å². The van der Waals surface area contributed by atoms with Gasteiger partial charge in [-0.2, -0.15) is 0 Å². The fourth-order valence-electron chi connectivity index (χ4n) is 3.23. The van der Waals surface area contributed by atoms with Crippen molar-refractivity contribution in [2.24, 2.45) is 23.5 Å². The van der Waals surface area contributed by atoms with E-state index in [4.69, 9.17) is 5.73 Å². The summed E-state index contributed by atoms with van der Waals surface area (Å²) in [5, 5.41) is 0. The molecular formula is C15H18FNO3. The summed E-state index contributed by atoms with van der Waals surface area (Å²) in [6.45, 7) is 1.85. The van der Waals surface area contributed by atoms with Crippen molar-refractivity contribution in [1.29, 1.82) is 0 Å². The predicted molar refractivity (Wildman–Crippen MR) is 71.3 cm³/mol. The van der Waals surface area contributed by atoms with Crippen molar-refractivity contribution in [3.8, 4) is 0 Å². The van der Waals surface area contributed by atoms with Gasteiger partial charge in [0.2, 0.25) is 5.91 Å². The standard InChI is InChI=1S/C15H18FNO3/c1-8-10-5-4-9(16)7-12(10)14(19)13(8)11(15(17)20)3-2-6-18/h5-9,11,13H,2-4H2,1H3,(H2,17,20). The van der Waals surface area contributed by atoms with Crippen LogP contribution in [0.3, 0.4) is 0 Å². The molecule has 1 fully saturated rings. The highest BCUT2D eigenvalue weighted by Crippen LogP contribution is 2.44. The smallest absolute Gasteiger partial charge is 0.221 e. The quantitative estimate of drug-likeness (QED) is 0.775. The van der Waals surface area contributed by atoms with Crippen LogP contribution in [0.1, 0.15) is 26.2 Å². The second-order valence-electron chi connectivity index (χ2n) is 5.42. The van der Waals surface area contributed by atoms with Crippen LogP contribution in [0, 0.1) is 17.8 Å². The van der Waals surface area contributed by atoms with E-state index >= 15 is 0 Å². The lowest BCUT2D eigenvalue weighted by Crippen LogP contribution is -2.35. The number of hydrogen-bond donors (Lipinski definition) is 1. The molecule has 2 aliphatic rings. The Morgan fingerprint density at radius 1 is 1.60 bits per heavy atom. The zero-order valence-corrected chi connectivity index (χ0v) is 11.3. The van der Waals surface area contributed by atoms with Crippen LogP contribution in [-0.2, 0) is 14.4 Å². The SMILES string of the molecule is CC1C2=CCC(F)C=C2C(=O)C1C(CCC=O)C(N)=O. The third kappa shape index (κ3) is 2.44. The third-order valence-electron chi connectivity index (χ3n) is 4.21. The molecule has 0 radical (unpaired) electrons. The first-order valence-electron chi connectivity index (χ1n) is 6.80. The lowest BCUT2D eigenvalue weighted by Gasteiger charge is -2.22. The molecule has 2 rings (SSSR count). The van der Waals surface area contributed by atoms with E-state index in [2.05, 4.69) is 0 Å². The lowest BCUT2D eigenvalue weighted by atomic mass is 9.80. The number of hydrogen-bond acceptors (Lipinski definition) is 3. The Morgan fingerprint density at radius 3 is 2.90 bits per heavy atom. The fraction of sp³-hybridized carbons (Fsp3) is 0.533. The lowest BCUT2D eigenvalue weighted by molar-refractivity contribution is -0.130. The second kappa shape index (κ2) is 5.69. The van der Waals surface area contributed by atoms with Gasteiger partial charge >= 0.3 is 0 Å². The number of carbonyl (C=O) groups excluding carboxylic acids is 3. The number of alkyl halides is 1. The monoisotopic (exact) mass is 279 g/mol. The number of rotatable bonds is 5. The molecule has 1 amide bonds. The first kappa shape index (κ1) is 14.6. The summed E-state index contributed by atoms with van der Waals surface area (Å²) in [7, 11) is 0. The minimum Gasteiger partial charge on any atom is -0.369 e. The van der Waals surface area contributed by atoms with Crippen LogP contribution in [0.15, 0.2) is 23.3 Å². The molecular weight excluding hydrogens is 261 g/mol. The summed E-state index contributed by atoms with van der Waals surface area (Å²) in [5.41, 5.74) is 6.58. The van der Waals surface area contributed by atoms with E-state index in [1.807, 2.05) is 6.92 Å². The minimum atomic E-state index is -1.15. The molecule has 4 nitrogen and oxygen atoms in total. The van der Waals surface area contributed by atoms with E-state index in [9.17, 15) is 18.8 Å². The summed E-state index contributed by atoms with van der Waals surface area (Å²) in [4.78, 5) is 34.5. The van der Waals surface area contributed by atoms with Gasteiger partial charge in [0.25, 0.3) is 0 Å². The maximum atomic E-state index is 13.4. The molecule has 2 N–H and O–H groups in total. The third-order valence-corrected chi connectivity index (χ3v) is 4.21. The van der Waals surface area contributed by atoms with Crippen molar-refractivity contribution in [3.05, 3.63) is 23.3 Å². The number of ketones is 1. The maximum Gasteiger partial charge on any atom is 0.221 e. The van der Waals surface area contributed by atoms with Gasteiger partial charge in [-0.1, -0.05) is 13.0 Å². The summed E-state index contributed by atoms with van der Waals surface area (Å²) >= 11 is 0. The highest BCUT2D eigenvalue weighted by atomic mass is 19.1. The van der Waals surface area contributed by atoms with Crippen LogP contribution in [0.5, 0.6) is 0 Å². The van der Waals surface area contributed by atoms with E-state index in [0.29, 0.717) is 11.9 Å². The highest BCUT2D eigenvalue weighted by Gasteiger charge is 2.46. The number of Topliss-reactive ketones (excluding diaryl/α,β-unsaturated/α-hetero) is 1. The average molecular weight is 279 g/mol. The number of primary amides is 1. The molecule has 108 valence electrons. The Morgan fingerprint density at radius 2 is 2.30 bits per heavy atom. The second-order valence-corrected chi connectivity index (χ2v) is 5.42. The number of fused-ring (bicyclic) bond motifs is 1. The number of nitrogens with two attached hydrogens (primary N) is 1. The van der Waals surface area contributed by atoms with Gasteiger partial charge in [0.15, 0.2) is 5.78 Å². The number of aldehydes is 1. The number of halogens is 1. The minimum absolute atomic E-state index is 0.162. The summed E-state index contributed by atoms with van der Waals surface area (Å²) in [6, 6.07) is 0. The Hall–Kier alpha value is -1.78. The van der Waals surface area contributed by atoms with Crippen LogP contribution in [0.25, 0.3) is 0 Å². The van der Waals surface area contributed by atoms with Crippen LogP contribution >= 0.6 is 0 Å². The van der Waals surface area contributed by atoms with Gasteiger partial charge in [-0.15, -0.1) is 0 Å². The van der Waals surface area contributed by atoms with Crippen LogP contribution in [0.2, 0.25) is 0 Å². The zero-order chi connectivity index (χ0) is 14.9. The van der Waals surface area contributed by atoms with Crippen molar-refractivity contribution < 1.29 is 18.8 Å². The maximum absolute atomic E-state index is 13.4. The molecule has 0 saturated heterocycles. The van der Waals surface area contributed by atoms with Crippen molar-refractivity contribution in [1.82, 2.24) is 0 Å². The van der Waals surface area contributed by atoms with Gasteiger partial charge in [-0.05, 0) is 24.0 Å². The molecule has 4 unspecified atom stereocenters. The molecule has 20 heavy (non-hydrogen) atoms. The van der Waals surface area contributed by atoms with E-state index in [1.54, 1.807) is 6.08 Å². The summed E-state index contributed by atoms with van der Waals surface area (Å²) < 4.78 is 13.4. The first-order valence-corrected chi connectivity index (χ1v) is 6.80. The van der Waals surface area contributed by atoms with Crippen molar-refractivity contribution in [2.75, 3.05) is 0 Å². The van der Waals surface area contributed by atoms with Gasteiger partial charge in [-0.3, -0.25) is 9.59 Å². The number of allylic oxidation sites excluding steroid dienone is 4. The first-order chi connectivity index (χ1) is 9.47. The van der Waals surface area contributed by atoms with Crippen molar-refractivity contribution in [3.63, 3.8) is 0 Å². The van der Waals surface area contributed by atoms with E-state index in [-0.39, 0.29) is 31.0 Å². The molecule has 1 saturated carbocycles. The number of amides is 1. The van der Waals surface area contributed by atoms with Gasteiger partial charge in [0.1, 0.15) is 12.5 Å². The van der Waals surface area contributed by atoms with Crippen molar-refractivity contribution >= 4 is 18.0 Å². The molecule has 0 aromatic rings. The van der Waals surface area contributed by atoms with Gasteiger partial charge in [-0.25, -0.2) is 4.39 Å². The molecule has 0 spiro atoms. The normalized spacial score (nSPS) is 30.3. The van der Waals surface area contributed by atoms with Gasteiger partial charge in [0, 0.05) is 30.3 Å². The topological polar surface area (TPSA) is 77.2 Å². The summed E-state index contributed by atoms with van der Waals surface area (Å²) in [6.07, 6.45) is 3.35. The Kier molecular flexibility index (Phi) is 4.16. The molecule has 2 aliphatic carbocycles. The van der Waals surface area contributed by atoms with Crippen LogP contribution < -0.4 is 5.73 Å². The average Bonchev–Trinajstić information content (AvgIpc) is 2.63. The molecule has 4 atom stereocenters. The van der Waals surface area contributed by atoms with Gasteiger partial charge in [0.05, 0.1) is 0 Å². The highest BCUT2D eigenvalue weighted by molar-refractivity contribution is 6.07. The zero-order valence-electron chi connectivity index (χ0n) is 11.3.